The van der Waals surface area contributed by atoms with Gasteiger partial charge >= 0.3 is 0 Å². The molecule has 3 fully saturated rings. The van der Waals surface area contributed by atoms with Gasteiger partial charge in [-0.1, -0.05) is 20.8 Å². The van der Waals surface area contributed by atoms with E-state index in [1.165, 1.54) is 6.42 Å². The van der Waals surface area contributed by atoms with E-state index in [2.05, 4.69) is 22.0 Å². The number of ketones is 1. The first-order valence-electron chi connectivity index (χ1n) is 13.2. The minimum absolute atomic E-state index is 0.0137. The average Bonchev–Trinajstić information content (AvgIpc) is 3.44. The maximum absolute atomic E-state index is 13.6. The Morgan fingerprint density at radius 1 is 1.14 bits per heavy atom. The number of carbonyl (C=O) groups excluding carboxylic acids is 3. The molecule has 0 aromatic heterocycles. The lowest BCUT2D eigenvalue weighted by Crippen LogP contribution is -2.52. The second-order valence-corrected chi connectivity index (χ2v) is 10.5. The largest absolute Gasteiger partial charge is 0.377 e. The number of likely N-dealkylation sites (tertiary alicyclic amines) is 1. The molecular formula is C27H40N4O5. The Morgan fingerprint density at radius 2 is 1.83 bits per heavy atom. The number of anilines is 1. The highest BCUT2D eigenvalue weighted by Gasteiger charge is 2.53. The number of benzene rings is 1. The Labute approximate surface area is 214 Å². The molecule has 1 aromatic carbocycles. The summed E-state index contributed by atoms with van der Waals surface area (Å²) in [5.41, 5.74) is 1.62. The van der Waals surface area contributed by atoms with Gasteiger partial charge in [-0.2, -0.15) is 0 Å². The Balaban J connectivity index is 1.41. The summed E-state index contributed by atoms with van der Waals surface area (Å²) >= 11 is 0. The molecule has 0 spiro atoms. The Hall–Kier alpha value is -2.49. The first-order valence-corrected chi connectivity index (χ1v) is 13.2. The van der Waals surface area contributed by atoms with Crippen molar-refractivity contribution in [2.24, 2.45) is 5.92 Å². The third kappa shape index (κ3) is 5.74. The standard InChI is InChI=1S/C27H40N4O5/c1-5-10-29-11-13-30(14-12-29)20-8-6-19(7-9-20)26(33)28-21(15-18(2)3)27(34)31-16-23(35-4)25-24(31)22(32)17-36-25/h6-9,18,21,23-25H,5,10-17H2,1-4H3,(H,28,33)/t21-,23+,24+,25+/m0/s1. The molecule has 0 bridgehead atoms. The predicted octanol–water partition coefficient (Wildman–Crippen LogP) is 1.56. The molecule has 9 heteroatoms. The molecule has 2 amide bonds. The number of rotatable bonds is 9. The van der Waals surface area contributed by atoms with E-state index in [4.69, 9.17) is 9.47 Å². The molecule has 0 saturated carbocycles. The quantitative estimate of drug-likeness (QED) is 0.550. The van der Waals surface area contributed by atoms with Crippen LogP contribution in [0.25, 0.3) is 0 Å². The van der Waals surface area contributed by atoms with E-state index >= 15 is 0 Å². The molecule has 1 aromatic rings. The number of amides is 2. The van der Waals surface area contributed by atoms with Gasteiger partial charge in [0, 0.05) is 44.5 Å². The molecule has 3 aliphatic heterocycles. The smallest absolute Gasteiger partial charge is 0.251 e. The Morgan fingerprint density at radius 3 is 2.44 bits per heavy atom. The topological polar surface area (TPSA) is 91.4 Å². The maximum atomic E-state index is 13.6. The van der Waals surface area contributed by atoms with Gasteiger partial charge in [-0.25, -0.2) is 0 Å². The molecule has 9 nitrogen and oxygen atoms in total. The molecular weight excluding hydrogens is 460 g/mol. The fourth-order valence-electron chi connectivity index (χ4n) is 5.55. The van der Waals surface area contributed by atoms with E-state index in [-0.39, 0.29) is 42.8 Å². The van der Waals surface area contributed by atoms with Crippen molar-refractivity contribution in [2.75, 3.05) is 57.9 Å². The van der Waals surface area contributed by atoms with E-state index in [9.17, 15) is 14.4 Å². The monoisotopic (exact) mass is 500 g/mol. The van der Waals surface area contributed by atoms with E-state index in [0.717, 1.165) is 38.4 Å². The number of nitrogens with one attached hydrogen (secondary N) is 1. The van der Waals surface area contributed by atoms with Crippen molar-refractivity contribution in [3.05, 3.63) is 29.8 Å². The van der Waals surface area contributed by atoms with Crippen LogP contribution in [-0.4, -0.2) is 105 Å². The average molecular weight is 501 g/mol. The number of methoxy groups -OCH3 is 1. The van der Waals surface area contributed by atoms with E-state index in [0.29, 0.717) is 12.0 Å². The van der Waals surface area contributed by atoms with E-state index < -0.39 is 18.2 Å². The van der Waals surface area contributed by atoms with Crippen LogP contribution in [0, 0.1) is 5.92 Å². The number of Topliss-reactive ketones (excluding diaryl/α,β-unsaturated/α-hetero) is 1. The van der Waals surface area contributed by atoms with Crippen LogP contribution in [-0.2, 0) is 19.1 Å². The predicted molar refractivity (Wildman–Crippen MR) is 137 cm³/mol. The molecule has 3 aliphatic rings. The van der Waals surface area contributed by atoms with Crippen LogP contribution in [0.15, 0.2) is 24.3 Å². The van der Waals surface area contributed by atoms with Gasteiger partial charge in [0.05, 0.1) is 6.54 Å². The summed E-state index contributed by atoms with van der Waals surface area (Å²) in [6.07, 6.45) is 0.848. The summed E-state index contributed by atoms with van der Waals surface area (Å²) in [5.74, 6) is -0.484. The van der Waals surface area contributed by atoms with Crippen LogP contribution >= 0.6 is 0 Å². The van der Waals surface area contributed by atoms with Crippen molar-refractivity contribution in [3.8, 4) is 0 Å². The summed E-state index contributed by atoms with van der Waals surface area (Å²) in [6.45, 7) is 11.7. The van der Waals surface area contributed by atoms with Crippen molar-refractivity contribution in [3.63, 3.8) is 0 Å². The molecule has 3 heterocycles. The minimum atomic E-state index is -0.728. The fraction of sp³-hybridized carbons (Fsp3) is 0.667. The van der Waals surface area contributed by atoms with Crippen molar-refractivity contribution >= 4 is 23.3 Å². The molecule has 0 aliphatic carbocycles. The Bertz CT molecular complexity index is 929. The summed E-state index contributed by atoms with van der Waals surface area (Å²) in [7, 11) is 1.56. The maximum Gasteiger partial charge on any atom is 0.251 e. The highest BCUT2D eigenvalue weighted by atomic mass is 16.5. The lowest BCUT2D eigenvalue weighted by atomic mass is 10.0. The number of ether oxygens (including phenoxy) is 2. The second kappa shape index (κ2) is 11.7. The van der Waals surface area contributed by atoms with Crippen molar-refractivity contribution in [1.29, 1.82) is 0 Å². The highest BCUT2D eigenvalue weighted by molar-refractivity contribution is 5.99. The summed E-state index contributed by atoms with van der Waals surface area (Å²) < 4.78 is 11.1. The van der Waals surface area contributed by atoms with E-state index in [1.54, 1.807) is 12.0 Å². The molecule has 0 radical (unpaired) electrons. The van der Waals surface area contributed by atoms with Gasteiger partial charge in [0.25, 0.3) is 5.91 Å². The molecule has 4 atom stereocenters. The lowest BCUT2D eigenvalue weighted by molar-refractivity contribution is -0.138. The third-order valence-corrected chi connectivity index (χ3v) is 7.44. The molecule has 4 rings (SSSR count). The SMILES string of the molecule is CCCN1CCN(c2ccc(C(=O)N[C@@H](CC(C)C)C(=O)N3C[C@@H](OC)[C@H]4OCC(=O)[C@H]43)cc2)CC1. The number of carbonyl (C=O) groups is 3. The van der Waals surface area contributed by atoms with Crippen LogP contribution in [0.4, 0.5) is 5.69 Å². The number of nitrogens with zero attached hydrogens (tertiary/aromatic N) is 3. The highest BCUT2D eigenvalue weighted by Crippen LogP contribution is 2.30. The van der Waals surface area contributed by atoms with Gasteiger partial charge in [0.15, 0.2) is 5.78 Å². The number of hydrogen-bond acceptors (Lipinski definition) is 7. The van der Waals surface area contributed by atoms with Crippen LogP contribution in [0.2, 0.25) is 0 Å². The van der Waals surface area contributed by atoms with Crippen molar-refractivity contribution in [1.82, 2.24) is 15.1 Å². The first kappa shape index (κ1) is 26.6. The molecule has 36 heavy (non-hydrogen) atoms. The number of hydrogen-bond donors (Lipinski definition) is 1. The molecule has 1 N–H and O–H groups in total. The van der Waals surface area contributed by atoms with Gasteiger partial charge < -0.3 is 24.6 Å². The van der Waals surface area contributed by atoms with Gasteiger partial charge in [-0.05, 0) is 49.6 Å². The summed E-state index contributed by atoms with van der Waals surface area (Å²) in [6, 6.07) is 6.22. The van der Waals surface area contributed by atoms with Crippen LogP contribution in [0.1, 0.15) is 44.0 Å². The second-order valence-electron chi connectivity index (χ2n) is 10.5. The first-order chi connectivity index (χ1) is 17.3. The fourth-order valence-corrected chi connectivity index (χ4v) is 5.55. The number of piperazine rings is 1. The summed E-state index contributed by atoms with van der Waals surface area (Å²) in [4.78, 5) is 45.6. The zero-order chi connectivity index (χ0) is 25.8. The third-order valence-electron chi connectivity index (χ3n) is 7.44. The van der Waals surface area contributed by atoms with Crippen LogP contribution < -0.4 is 10.2 Å². The minimum Gasteiger partial charge on any atom is -0.377 e. The van der Waals surface area contributed by atoms with Crippen LogP contribution in [0.3, 0.4) is 0 Å². The van der Waals surface area contributed by atoms with Gasteiger partial charge in [-0.15, -0.1) is 0 Å². The summed E-state index contributed by atoms with van der Waals surface area (Å²) in [5, 5.41) is 2.94. The van der Waals surface area contributed by atoms with Gasteiger partial charge in [0.2, 0.25) is 5.91 Å². The number of fused-ring (bicyclic) bond motifs is 1. The zero-order valence-corrected chi connectivity index (χ0v) is 21.9. The van der Waals surface area contributed by atoms with Gasteiger partial charge in [0.1, 0.15) is 30.9 Å². The molecule has 0 unspecified atom stereocenters. The normalized spacial score (nSPS) is 25.4. The lowest BCUT2D eigenvalue weighted by Gasteiger charge is -2.36. The molecule has 198 valence electrons. The molecule has 3 saturated heterocycles. The zero-order valence-electron chi connectivity index (χ0n) is 21.9. The van der Waals surface area contributed by atoms with Crippen molar-refractivity contribution in [2.45, 2.75) is 57.9 Å². The van der Waals surface area contributed by atoms with Crippen molar-refractivity contribution < 1.29 is 23.9 Å². The van der Waals surface area contributed by atoms with E-state index in [1.807, 2.05) is 38.1 Å². The Kier molecular flexibility index (Phi) is 8.64. The van der Waals surface area contributed by atoms with Gasteiger partial charge in [-0.3, -0.25) is 19.3 Å². The van der Waals surface area contributed by atoms with Crippen LogP contribution in [0.5, 0.6) is 0 Å².